The van der Waals surface area contributed by atoms with E-state index in [2.05, 4.69) is 26.4 Å². The van der Waals surface area contributed by atoms with Gasteiger partial charge in [0, 0.05) is 23.7 Å². The van der Waals surface area contributed by atoms with Crippen molar-refractivity contribution in [2.24, 2.45) is 0 Å². The van der Waals surface area contributed by atoms with Gasteiger partial charge in [-0.2, -0.15) is 0 Å². The van der Waals surface area contributed by atoms with Crippen LogP contribution in [0, 0.1) is 0 Å². The van der Waals surface area contributed by atoms with E-state index in [4.69, 9.17) is 0 Å². The summed E-state index contributed by atoms with van der Waals surface area (Å²) >= 11 is 1.41. The first-order chi connectivity index (χ1) is 12.3. The van der Waals surface area contributed by atoms with Crippen LogP contribution in [-0.4, -0.2) is 40.5 Å². The maximum atomic E-state index is 12.7. The lowest BCUT2D eigenvalue weighted by molar-refractivity contribution is 0.0994. The SMILES string of the molecule is CCn1c(SC(C)C(=O)c2ccc(NS(C)(=O)=O)cc2)nnc1C1CC1. The lowest BCUT2D eigenvalue weighted by atomic mass is 10.1. The highest BCUT2D eigenvalue weighted by molar-refractivity contribution is 8.00. The van der Waals surface area contributed by atoms with E-state index in [1.54, 1.807) is 24.3 Å². The van der Waals surface area contributed by atoms with Crippen LogP contribution in [0.4, 0.5) is 5.69 Å². The number of aromatic nitrogens is 3. The number of hydrogen-bond acceptors (Lipinski definition) is 6. The summed E-state index contributed by atoms with van der Waals surface area (Å²) in [7, 11) is -3.33. The minimum absolute atomic E-state index is 0.0282. The Bertz CT molecular complexity index is 903. The van der Waals surface area contributed by atoms with Crippen molar-refractivity contribution in [3.63, 3.8) is 0 Å². The van der Waals surface area contributed by atoms with Gasteiger partial charge in [-0.05, 0) is 51.0 Å². The lowest BCUT2D eigenvalue weighted by Crippen LogP contribution is -2.15. The minimum atomic E-state index is -3.33. The molecule has 0 aliphatic heterocycles. The first-order valence-electron chi connectivity index (χ1n) is 8.50. The molecule has 26 heavy (non-hydrogen) atoms. The van der Waals surface area contributed by atoms with Crippen LogP contribution < -0.4 is 4.72 Å². The van der Waals surface area contributed by atoms with E-state index in [1.165, 1.54) is 11.8 Å². The molecule has 0 spiro atoms. The Morgan fingerprint density at radius 2 is 1.96 bits per heavy atom. The molecule has 0 bridgehead atoms. The molecule has 1 aromatic carbocycles. The van der Waals surface area contributed by atoms with Gasteiger partial charge in [-0.25, -0.2) is 8.42 Å². The Kier molecular flexibility index (Phi) is 5.38. The molecule has 1 heterocycles. The topological polar surface area (TPSA) is 94.0 Å². The van der Waals surface area contributed by atoms with Crippen molar-refractivity contribution in [2.75, 3.05) is 11.0 Å². The molecule has 0 saturated heterocycles. The average Bonchev–Trinajstić information content (AvgIpc) is 3.34. The van der Waals surface area contributed by atoms with Crippen molar-refractivity contribution in [3.05, 3.63) is 35.7 Å². The van der Waals surface area contributed by atoms with Crippen LogP contribution in [0.2, 0.25) is 0 Å². The third kappa shape index (κ3) is 4.45. The van der Waals surface area contributed by atoms with E-state index in [-0.39, 0.29) is 11.0 Å². The maximum absolute atomic E-state index is 12.7. The normalized spacial score (nSPS) is 15.7. The summed E-state index contributed by atoms with van der Waals surface area (Å²) < 4.78 is 27.0. The molecule has 2 aromatic rings. The van der Waals surface area contributed by atoms with Gasteiger partial charge in [-0.15, -0.1) is 10.2 Å². The molecule has 1 fully saturated rings. The summed E-state index contributed by atoms with van der Waals surface area (Å²) in [5, 5.41) is 9.02. The van der Waals surface area contributed by atoms with E-state index < -0.39 is 10.0 Å². The van der Waals surface area contributed by atoms with Gasteiger partial charge in [0.2, 0.25) is 10.0 Å². The van der Waals surface area contributed by atoms with Crippen molar-refractivity contribution in [3.8, 4) is 0 Å². The van der Waals surface area contributed by atoms with Crippen molar-refractivity contribution in [2.45, 2.75) is 49.6 Å². The van der Waals surface area contributed by atoms with Crippen LogP contribution in [0.1, 0.15) is 48.8 Å². The largest absolute Gasteiger partial charge is 0.306 e. The zero-order chi connectivity index (χ0) is 18.9. The number of benzene rings is 1. The van der Waals surface area contributed by atoms with Crippen molar-refractivity contribution >= 4 is 33.3 Å². The molecule has 1 saturated carbocycles. The fourth-order valence-electron chi connectivity index (χ4n) is 2.69. The molecule has 9 heteroatoms. The van der Waals surface area contributed by atoms with Gasteiger partial charge in [0.1, 0.15) is 5.82 Å². The molecular formula is C17H22N4O3S2. The van der Waals surface area contributed by atoms with Gasteiger partial charge < -0.3 is 4.57 Å². The predicted molar refractivity (Wildman–Crippen MR) is 102 cm³/mol. The fourth-order valence-corrected chi connectivity index (χ4v) is 4.25. The smallest absolute Gasteiger partial charge is 0.229 e. The molecule has 1 atom stereocenters. The molecule has 1 aliphatic carbocycles. The number of hydrogen-bond donors (Lipinski definition) is 1. The summed E-state index contributed by atoms with van der Waals surface area (Å²) in [4.78, 5) is 12.7. The second-order valence-corrected chi connectivity index (χ2v) is 9.49. The summed E-state index contributed by atoms with van der Waals surface area (Å²) in [5.74, 6) is 1.50. The molecule has 0 amide bonds. The Labute approximate surface area is 157 Å². The second-order valence-electron chi connectivity index (χ2n) is 6.44. The number of anilines is 1. The Balaban J connectivity index is 1.70. The fraction of sp³-hybridized carbons (Fsp3) is 0.471. The van der Waals surface area contributed by atoms with E-state index >= 15 is 0 Å². The zero-order valence-electron chi connectivity index (χ0n) is 15.0. The number of Topliss-reactive ketones (excluding diaryl/α,β-unsaturated/α-hetero) is 1. The number of rotatable bonds is 8. The molecular weight excluding hydrogens is 372 g/mol. The molecule has 1 N–H and O–H groups in total. The van der Waals surface area contributed by atoms with Gasteiger partial charge in [0.15, 0.2) is 10.9 Å². The standard InChI is InChI=1S/C17H22N4O3S2/c1-4-21-16(13-5-6-13)18-19-17(21)25-11(2)15(22)12-7-9-14(10-8-12)20-26(3,23)24/h7-11,13,20H,4-6H2,1-3H3. The highest BCUT2D eigenvalue weighted by Gasteiger charge is 2.30. The van der Waals surface area contributed by atoms with Crippen LogP contribution in [0.25, 0.3) is 0 Å². The molecule has 140 valence electrons. The number of ketones is 1. The molecule has 0 radical (unpaired) electrons. The monoisotopic (exact) mass is 394 g/mol. The maximum Gasteiger partial charge on any atom is 0.229 e. The van der Waals surface area contributed by atoms with Gasteiger partial charge in [0.05, 0.1) is 11.5 Å². The third-order valence-corrected chi connectivity index (χ3v) is 5.82. The zero-order valence-corrected chi connectivity index (χ0v) is 16.6. The van der Waals surface area contributed by atoms with Crippen molar-refractivity contribution in [1.29, 1.82) is 0 Å². The van der Waals surface area contributed by atoms with Crippen molar-refractivity contribution < 1.29 is 13.2 Å². The van der Waals surface area contributed by atoms with E-state index in [0.29, 0.717) is 17.2 Å². The van der Waals surface area contributed by atoms with E-state index in [0.717, 1.165) is 36.6 Å². The van der Waals surface area contributed by atoms with Crippen LogP contribution >= 0.6 is 11.8 Å². The molecule has 1 aliphatic rings. The van der Waals surface area contributed by atoms with Crippen LogP contribution in [-0.2, 0) is 16.6 Å². The van der Waals surface area contributed by atoms with Crippen molar-refractivity contribution in [1.82, 2.24) is 14.8 Å². The number of carbonyl (C=O) groups excluding carboxylic acids is 1. The number of nitrogens with one attached hydrogen (secondary N) is 1. The first-order valence-corrected chi connectivity index (χ1v) is 11.3. The molecule has 1 unspecified atom stereocenters. The second kappa shape index (κ2) is 7.40. The van der Waals surface area contributed by atoms with Gasteiger partial charge >= 0.3 is 0 Å². The number of carbonyl (C=O) groups is 1. The number of nitrogens with zero attached hydrogens (tertiary/aromatic N) is 3. The molecule has 3 rings (SSSR count). The summed E-state index contributed by atoms with van der Waals surface area (Å²) in [6.07, 6.45) is 3.40. The van der Waals surface area contributed by atoms with Gasteiger partial charge in [-0.3, -0.25) is 9.52 Å². The minimum Gasteiger partial charge on any atom is -0.306 e. The summed E-state index contributed by atoms with van der Waals surface area (Å²) in [5.41, 5.74) is 0.971. The summed E-state index contributed by atoms with van der Waals surface area (Å²) in [6.45, 7) is 4.69. The average molecular weight is 395 g/mol. The summed E-state index contributed by atoms with van der Waals surface area (Å²) in [6, 6.07) is 6.44. The first kappa shape index (κ1) is 18.9. The molecule has 1 aromatic heterocycles. The van der Waals surface area contributed by atoms with Crippen LogP contribution in [0.3, 0.4) is 0 Å². The quantitative estimate of drug-likeness (QED) is 0.546. The highest BCUT2D eigenvalue weighted by atomic mass is 32.2. The predicted octanol–water partition coefficient (Wildman–Crippen LogP) is 2.91. The lowest BCUT2D eigenvalue weighted by Gasteiger charge is -2.12. The van der Waals surface area contributed by atoms with Crippen LogP contribution in [0.15, 0.2) is 29.4 Å². The van der Waals surface area contributed by atoms with Crippen LogP contribution in [0.5, 0.6) is 0 Å². The third-order valence-electron chi connectivity index (χ3n) is 4.13. The Morgan fingerprint density at radius 3 is 2.50 bits per heavy atom. The van der Waals surface area contributed by atoms with Gasteiger partial charge in [-0.1, -0.05) is 11.8 Å². The number of sulfonamides is 1. The van der Waals surface area contributed by atoms with Gasteiger partial charge in [0.25, 0.3) is 0 Å². The number of thioether (sulfide) groups is 1. The highest BCUT2D eigenvalue weighted by Crippen LogP contribution is 2.40. The van der Waals surface area contributed by atoms with E-state index in [9.17, 15) is 13.2 Å². The van der Waals surface area contributed by atoms with E-state index in [1.807, 2.05) is 6.92 Å². The molecule has 7 nitrogen and oxygen atoms in total. The Morgan fingerprint density at radius 1 is 1.31 bits per heavy atom. The Hall–Kier alpha value is -1.87.